The Kier molecular flexibility index (Phi) is 6.45. The molecule has 2 N–H and O–H groups in total. The zero-order valence-electron chi connectivity index (χ0n) is 11.7. The number of aliphatic carboxylic acids is 1. The summed E-state index contributed by atoms with van der Waals surface area (Å²) in [7, 11) is 0. The lowest BCUT2D eigenvalue weighted by Gasteiger charge is -2.20. The Labute approximate surface area is 133 Å². The molecule has 1 unspecified atom stereocenters. The average molecular weight is 325 g/mol. The van der Waals surface area contributed by atoms with E-state index >= 15 is 0 Å². The Morgan fingerprint density at radius 2 is 2.00 bits per heavy atom. The van der Waals surface area contributed by atoms with Crippen LogP contribution in [0.1, 0.15) is 18.4 Å². The smallest absolute Gasteiger partial charge is 0.303 e. The Bertz CT molecular complexity index is 484. The average Bonchev–Trinajstić information content (AvgIpc) is 2.47. The summed E-state index contributed by atoms with van der Waals surface area (Å²) in [4.78, 5) is 22.5. The zero-order valence-corrected chi connectivity index (χ0v) is 13.3. The van der Waals surface area contributed by atoms with Crippen molar-refractivity contribution in [2.75, 3.05) is 22.6 Å². The fourth-order valence-corrected chi connectivity index (χ4v) is 4.76. The third kappa shape index (κ3) is 6.01. The molecule has 0 radical (unpaired) electrons. The number of rotatable bonds is 6. The first-order valence-corrected chi connectivity index (χ1v) is 9.14. The molecule has 1 aromatic rings. The van der Waals surface area contributed by atoms with Gasteiger partial charge >= 0.3 is 5.97 Å². The number of carboxylic acid groups (broad SMARTS) is 1. The number of carbonyl (C=O) groups is 2. The predicted octanol–water partition coefficient (Wildman–Crippen LogP) is 2.88. The maximum atomic E-state index is 12.0. The minimum absolute atomic E-state index is 0.0493. The van der Waals surface area contributed by atoms with E-state index in [9.17, 15) is 9.59 Å². The first kappa shape index (κ1) is 16.2. The summed E-state index contributed by atoms with van der Waals surface area (Å²) < 4.78 is 0. The van der Waals surface area contributed by atoms with Crippen LogP contribution in [0.2, 0.25) is 0 Å². The summed E-state index contributed by atoms with van der Waals surface area (Å²) in [6, 6.07) is 7.39. The number of benzene rings is 1. The minimum Gasteiger partial charge on any atom is -0.481 e. The van der Waals surface area contributed by atoms with Crippen LogP contribution >= 0.6 is 23.5 Å². The number of carbonyl (C=O) groups excluding carboxylic acids is 1. The summed E-state index contributed by atoms with van der Waals surface area (Å²) in [6.45, 7) is 0. The molecule has 0 saturated carbocycles. The fraction of sp³-hybridized carbons (Fsp3) is 0.467. The number of nitrogens with one attached hydrogen (secondary N) is 1. The molecule has 4 nitrogen and oxygen atoms in total. The van der Waals surface area contributed by atoms with Gasteiger partial charge in [0.05, 0.1) is 0 Å². The quantitative estimate of drug-likeness (QED) is 0.842. The molecule has 0 bridgehead atoms. The van der Waals surface area contributed by atoms with Crippen molar-refractivity contribution < 1.29 is 14.7 Å². The van der Waals surface area contributed by atoms with Crippen LogP contribution in [0.3, 0.4) is 0 Å². The Morgan fingerprint density at radius 3 is 2.62 bits per heavy atom. The molecule has 21 heavy (non-hydrogen) atoms. The third-order valence-electron chi connectivity index (χ3n) is 3.16. The van der Waals surface area contributed by atoms with Crippen molar-refractivity contribution in [2.24, 2.45) is 0 Å². The Hall–Kier alpha value is -1.14. The molecular weight excluding hydrogens is 306 g/mol. The highest BCUT2D eigenvalue weighted by atomic mass is 32.2. The van der Waals surface area contributed by atoms with Gasteiger partial charge < -0.3 is 10.4 Å². The number of hydrogen-bond acceptors (Lipinski definition) is 4. The van der Waals surface area contributed by atoms with Gasteiger partial charge in [-0.3, -0.25) is 9.59 Å². The van der Waals surface area contributed by atoms with Gasteiger partial charge in [-0.15, -0.1) is 0 Å². The van der Waals surface area contributed by atoms with Crippen LogP contribution in [-0.2, 0) is 16.0 Å². The standard InChI is InChI=1S/C15H19NO3S2/c17-14(9-13-10-20-7-8-21-13)16-12-4-1-11(2-5-12)3-6-15(18)19/h1-2,4-5,13H,3,6-10H2,(H,16,17)(H,18,19). The van der Waals surface area contributed by atoms with Crippen LogP contribution in [-0.4, -0.2) is 39.5 Å². The van der Waals surface area contributed by atoms with E-state index in [0.717, 1.165) is 22.8 Å². The first-order chi connectivity index (χ1) is 10.1. The normalized spacial score (nSPS) is 18.2. The molecule has 1 heterocycles. The van der Waals surface area contributed by atoms with Gasteiger partial charge in [-0.2, -0.15) is 23.5 Å². The van der Waals surface area contributed by atoms with Crippen molar-refractivity contribution in [3.8, 4) is 0 Å². The van der Waals surface area contributed by atoms with E-state index in [-0.39, 0.29) is 12.3 Å². The predicted molar refractivity (Wildman–Crippen MR) is 89.2 cm³/mol. The number of thioether (sulfide) groups is 2. The fourth-order valence-electron chi connectivity index (χ4n) is 2.08. The minimum atomic E-state index is -0.796. The molecule has 1 fully saturated rings. The highest BCUT2D eigenvalue weighted by Gasteiger charge is 2.17. The second kappa shape index (κ2) is 8.34. The summed E-state index contributed by atoms with van der Waals surface area (Å²) in [5, 5.41) is 12.0. The van der Waals surface area contributed by atoms with Gasteiger partial charge in [-0.1, -0.05) is 12.1 Å². The van der Waals surface area contributed by atoms with Crippen LogP contribution in [0.15, 0.2) is 24.3 Å². The van der Waals surface area contributed by atoms with E-state index in [0.29, 0.717) is 18.1 Å². The summed E-state index contributed by atoms with van der Waals surface area (Å²) in [5.74, 6) is 2.61. The van der Waals surface area contributed by atoms with Crippen molar-refractivity contribution in [1.29, 1.82) is 0 Å². The highest BCUT2D eigenvalue weighted by molar-refractivity contribution is 8.06. The summed E-state index contributed by atoms with van der Waals surface area (Å²) in [6.07, 6.45) is 1.19. The van der Waals surface area contributed by atoms with Gasteiger partial charge in [-0.05, 0) is 24.1 Å². The van der Waals surface area contributed by atoms with Crippen LogP contribution in [0.4, 0.5) is 5.69 Å². The number of anilines is 1. The van der Waals surface area contributed by atoms with Crippen molar-refractivity contribution in [3.63, 3.8) is 0 Å². The molecule has 1 aromatic carbocycles. The van der Waals surface area contributed by atoms with E-state index in [4.69, 9.17) is 5.11 Å². The second-order valence-electron chi connectivity index (χ2n) is 4.91. The van der Waals surface area contributed by atoms with Crippen LogP contribution < -0.4 is 5.32 Å². The van der Waals surface area contributed by atoms with Gasteiger partial charge in [0, 0.05) is 41.0 Å². The van der Waals surface area contributed by atoms with E-state index in [1.54, 1.807) is 0 Å². The monoisotopic (exact) mass is 325 g/mol. The van der Waals surface area contributed by atoms with Crippen molar-refractivity contribution >= 4 is 41.1 Å². The molecule has 1 atom stereocenters. The lowest BCUT2D eigenvalue weighted by atomic mass is 10.1. The highest BCUT2D eigenvalue weighted by Crippen LogP contribution is 2.26. The number of carboxylic acids is 1. The molecule has 0 aromatic heterocycles. The molecule has 1 amide bonds. The molecule has 1 aliphatic heterocycles. The molecule has 6 heteroatoms. The van der Waals surface area contributed by atoms with E-state index in [1.807, 2.05) is 47.8 Å². The van der Waals surface area contributed by atoms with Crippen molar-refractivity contribution in [1.82, 2.24) is 0 Å². The Morgan fingerprint density at radius 1 is 1.24 bits per heavy atom. The molecular formula is C15H19NO3S2. The number of hydrogen-bond donors (Lipinski definition) is 2. The van der Waals surface area contributed by atoms with Crippen LogP contribution in [0, 0.1) is 0 Å². The number of amides is 1. The first-order valence-electron chi connectivity index (χ1n) is 6.93. The van der Waals surface area contributed by atoms with E-state index in [2.05, 4.69) is 5.32 Å². The van der Waals surface area contributed by atoms with Gasteiger partial charge in [0.1, 0.15) is 0 Å². The van der Waals surface area contributed by atoms with Gasteiger partial charge in [0.25, 0.3) is 0 Å². The van der Waals surface area contributed by atoms with E-state index < -0.39 is 5.97 Å². The maximum Gasteiger partial charge on any atom is 0.303 e. The molecule has 114 valence electrons. The molecule has 2 rings (SSSR count). The number of aryl methyl sites for hydroxylation is 1. The SMILES string of the molecule is O=C(O)CCc1ccc(NC(=O)CC2CSCCS2)cc1. The van der Waals surface area contributed by atoms with E-state index in [1.165, 1.54) is 5.75 Å². The van der Waals surface area contributed by atoms with Crippen molar-refractivity contribution in [2.45, 2.75) is 24.5 Å². The molecule has 1 saturated heterocycles. The largest absolute Gasteiger partial charge is 0.481 e. The van der Waals surface area contributed by atoms with Crippen LogP contribution in [0.25, 0.3) is 0 Å². The molecule has 0 spiro atoms. The zero-order chi connectivity index (χ0) is 15.1. The lowest BCUT2D eigenvalue weighted by molar-refractivity contribution is -0.137. The van der Waals surface area contributed by atoms with Gasteiger partial charge in [-0.25, -0.2) is 0 Å². The summed E-state index contributed by atoms with van der Waals surface area (Å²) >= 11 is 3.79. The van der Waals surface area contributed by atoms with Crippen molar-refractivity contribution in [3.05, 3.63) is 29.8 Å². The van der Waals surface area contributed by atoms with Gasteiger partial charge in [0.2, 0.25) is 5.91 Å². The lowest BCUT2D eigenvalue weighted by Crippen LogP contribution is -2.22. The third-order valence-corrected chi connectivity index (χ3v) is 6.01. The summed E-state index contributed by atoms with van der Waals surface area (Å²) in [5.41, 5.74) is 1.74. The Balaban J connectivity index is 1.79. The topological polar surface area (TPSA) is 66.4 Å². The second-order valence-corrected chi connectivity index (χ2v) is 7.47. The molecule has 1 aliphatic rings. The van der Waals surface area contributed by atoms with Crippen LogP contribution in [0.5, 0.6) is 0 Å². The maximum absolute atomic E-state index is 12.0. The van der Waals surface area contributed by atoms with Gasteiger partial charge in [0.15, 0.2) is 0 Å². The molecule has 0 aliphatic carbocycles.